The lowest BCUT2D eigenvalue weighted by molar-refractivity contribution is 0.0696. The zero-order chi connectivity index (χ0) is 14.7. The third-order valence-electron chi connectivity index (χ3n) is 2.88. The third-order valence-corrected chi connectivity index (χ3v) is 2.88. The molecule has 0 saturated heterocycles. The molecular formula is C16H17NO3. The normalized spacial score (nSPS) is 10.3. The van der Waals surface area contributed by atoms with Gasteiger partial charge in [0.05, 0.1) is 5.56 Å². The van der Waals surface area contributed by atoms with Gasteiger partial charge in [-0.15, -0.1) is 0 Å². The van der Waals surface area contributed by atoms with Gasteiger partial charge in [-0.1, -0.05) is 13.0 Å². The van der Waals surface area contributed by atoms with Gasteiger partial charge in [0, 0.05) is 11.8 Å². The van der Waals surface area contributed by atoms with Crippen LogP contribution in [0.3, 0.4) is 0 Å². The fourth-order valence-electron chi connectivity index (χ4n) is 2.03. The average molecular weight is 271 g/mol. The van der Waals surface area contributed by atoms with E-state index < -0.39 is 5.97 Å². The SMILES string of the molecule is CCc1cc(C(=O)O)cc(Oc2cc(C)cc(C)c2)n1. The fourth-order valence-corrected chi connectivity index (χ4v) is 2.03. The van der Waals surface area contributed by atoms with Crippen molar-refractivity contribution in [3.63, 3.8) is 0 Å². The van der Waals surface area contributed by atoms with Gasteiger partial charge in [0.2, 0.25) is 5.88 Å². The molecule has 20 heavy (non-hydrogen) atoms. The molecule has 4 heteroatoms. The molecule has 0 bridgehead atoms. The van der Waals surface area contributed by atoms with Crippen molar-refractivity contribution in [2.45, 2.75) is 27.2 Å². The highest BCUT2D eigenvalue weighted by molar-refractivity contribution is 5.88. The van der Waals surface area contributed by atoms with Gasteiger partial charge in [-0.25, -0.2) is 9.78 Å². The minimum absolute atomic E-state index is 0.191. The Kier molecular flexibility index (Phi) is 4.03. The first-order valence-electron chi connectivity index (χ1n) is 6.48. The van der Waals surface area contributed by atoms with Crippen LogP contribution in [0.2, 0.25) is 0 Å². The summed E-state index contributed by atoms with van der Waals surface area (Å²) in [5.41, 5.74) is 3.07. The Balaban J connectivity index is 2.37. The molecule has 0 unspecified atom stereocenters. The number of benzene rings is 1. The molecule has 2 aromatic rings. The highest BCUT2D eigenvalue weighted by Crippen LogP contribution is 2.23. The standard InChI is InChI=1S/C16H17NO3/c1-4-13-8-12(16(18)19)9-15(17-13)20-14-6-10(2)5-11(3)7-14/h5-9H,4H2,1-3H3,(H,18,19). The van der Waals surface area contributed by atoms with Crippen LogP contribution in [0.5, 0.6) is 11.6 Å². The minimum Gasteiger partial charge on any atom is -0.478 e. The van der Waals surface area contributed by atoms with E-state index in [4.69, 9.17) is 9.84 Å². The molecule has 4 nitrogen and oxygen atoms in total. The van der Waals surface area contributed by atoms with Crippen LogP contribution in [-0.2, 0) is 6.42 Å². The molecule has 0 amide bonds. The molecule has 0 spiro atoms. The zero-order valence-electron chi connectivity index (χ0n) is 11.8. The van der Waals surface area contributed by atoms with E-state index in [1.807, 2.05) is 39.0 Å². The molecule has 104 valence electrons. The number of aromatic carboxylic acids is 1. The first-order chi connectivity index (χ1) is 9.47. The number of rotatable bonds is 4. The molecule has 1 aromatic heterocycles. The number of hydrogen-bond acceptors (Lipinski definition) is 3. The number of aryl methyl sites for hydroxylation is 3. The smallest absolute Gasteiger partial charge is 0.335 e. The molecule has 0 aliphatic rings. The highest BCUT2D eigenvalue weighted by atomic mass is 16.5. The average Bonchev–Trinajstić information content (AvgIpc) is 2.36. The van der Waals surface area contributed by atoms with E-state index in [1.165, 1.54) is 6.07 Å². The Morgan fingerprint density at radius 1 is 1.15 bits per heavy atom. The largest absolute Gasteiger partial charge is 0.478 e. The summed E-state index contributed by atoms with van der Waals surface area (Å²) in [5, 5.41) is 9.10. The summed E-state index contributed by atoms with van der Waals surface area (Å²) < 4.78 is 5.70. The van der Waals surface area contributed by atoms with Crippen LogP contribution in [0.25, 0.3) is 0 Å². The molecule has 1 N–H and O–H groups in total. The van der Waals surface area contributed by atoms with Gasteiger partial charge in [-0.2, -0.15) is 0 Å². The summed E-state index contributed by atoms with van der Waals surface area (Å²) in [4.78, 5) is 15.4. The Morgan fingerprint density at radius 2 is 1.80 bits per heavy atom. The van der Waals surface area contributed by atoms with Crippen LogP contribution in [0.15, 0.2) is 30.3 Å². The quantitative estimate of drug-likeness (QED) is 0.920. The number of pyridine rings is 1. The predicted molar refractivity (Wildman–Crippen MR) is 76.6 cm³/mol. The lowest BCUT2D eigenvalue weighted by atomic mass is 10.1. The number of ether oxygens (including phenoxy) is 1. The summed E-state index contributed by atoms with van der Waals surface area (Å²) in [6, 6.07) is 8.85. The molecular weight excluding hydrogens is 254 g/mol. The van der Waals surface area contributed by atoms with Crippen molar-refractivity contribution < 1.29 is 14.6 Å². The van der Waals surface area contributed by atoms with Crippen molar-refractivity contribution in [2.24, 2.45) is 0 Å². The minimum atomic E-state index is -0.979. The topological polar surface area (TPSA) is 59.4 Å². The Hall–Kier alpha value is -2.36. The maximum atomic E-state index is 11.1. The van der Waals surface area contributed by atoms with Crippen molar-refractivity contribution in [1.29, 1.82) is 0 Å². The van der Waals surface area contributed by atoms with Crippen molar-refractivity contribution in [3.8, 4) is 11.6 Å². The summed E-state index contributed by atoms with van der Waals surface area (Å²) in [7, 11) is 0. The number of carbonyl (C=O) groups is 1. The van der Waals surface area contributed by atoms with Crippen LogP contribution in [0.4, 0.5) is 0 Å². The van der Waals surface area contributed by atoms with E-state index in [2.05, 4.69) is 4.98 Å². The summed E-state index contributed by atoms with van der Waals surface area (Å²) >= 11 is 0. The molecule has 2 rings (SSSR count). The number of carboxylic acids is 1. The summed E-state index contributed by atoms with van der Waals surface area (Å²) in [6.45, 7) is 5.89. The summed E-state index contributed by atoms with van der Waals surface area (Å²) in [6.07, 6.45) is 0.657. The lowest BCUT2D eigenvalue weighted by Gasteiger charge is -2.09. The maximum absolute atomic E-state index is 11.1. The molecule has 0 saturated carbocycles. The summed E-state index contributed by atoms with van der Waals surface area (Å²) in [5.74, 6) is -0.00119. The van der Waals surface area contributed by atoms with Crippen LogP contribution < -0.4 is 4.74 Å². The van der Waals surface area contributed by atoms with E-state index >= 15 is 0 Å². The molecule has 0 aliphatic carbocycles. The molecule has 0 fully saturated rings. The molecule has 0 atom stereocenters. The predicted octanol–water partition coefficient (Wildman–Crippen LogP) is 3.75. The van der Waals surface area contributed by atoms with E-state index in [-0.39, 0.29) is 5.56 Å². The van der Waals surface area contributed by atoms with Crippen LogP contribution in [0, 0.1) is 13.8 Å². The first-order valence-corrected chi connectivity index (χ1v) is 6.48. The van der Waals surface area contributed by atoms with Gasteiger partial charge >= 0.3 is 5.97 Å². The monoisotopic (exact) mass is 271 g/mol. The number of carboxylic acid groups (broad SMARTS) is 1. The number of hydrogen-bond donors (Lipinski definition) is 1. The molecule has 0 radical (unpaired) electrons. The zero-order valence-corrected chi connectivity index (χ0v) is 11.8. The van der Waals surface area contributed by atoms with Gasteiger partial charge in [0.1, 0.15) is 5.75 Å². The van der Waals surface area contributed by atoms with Crippen LogP contribution in [0.1, 0.15) is 34.1 Å². The Labute approximate surface area is 118 Å². The van der Waals surface area contributed by atoms with Crippen LogP contribution in [-0.4, -0.2) is 16.1 Å². The van der Waals surface area contributed by atoms with Gasteiger partial charge in [-0.05, 0) is 49.6 Å². The first kappa shape index (κ1) is 14.1. The van der Waals surface area contributed by atoms with E-state index in [1.54, 1.807) is 6.07 Å². The van der Waals surface area contributed by atoms with Crippen molar-refractivity contribution >= 4 is 5.97 Å². The molecule has 1 aromatic carbocycles. The molecule has 0 aliphatic heterocycles. The third kappa shape index (κ3) is 3.35. The van der Waals surface area contributed by atoms with Crippen molar-refractivity contribution in [3.05, 3.63) is 52.7 Å². The lowest BCUT2D eigenvalue weighted by Crippen LogP contribution is -2.01. The van der Waals surface area contributed by atoms with Crippen LogP contribution >= 0.6 is 0 Å². The van der Waals surface area contributed by atoms with E-state index in [0.717, 1.165) is 11.1 Å². The van der Waals surface area contributed by atoms with Gasteiger partial charge in [0.15, 0.2) is 0 Å². The maximum Gasteiger partial charge on any atom is 0.335 e. The van der Waals surface area contributed by atoms with Gasteiger partial charge < -0.3 is 9.84 Å². The second-order valence-corrected chi connectivity index (χ2v) is 4.77. The van der Waals surface area contributed by atoms with Crippen molar-refractivity contribution in [1.82, 2.24) is 4.98 Å². The van der Waals surface area contributed by atoms with Gasteiger partial charge in [-0.3, -0.25) is 0 Å². The number of aromatic nitrogens is 1. The fraction of sp³-hybridized carbons (Fsp3) is 0.250. The van der Waals surface area contributed by atoms with Gasteiger partial charge in [0.25, 0.3) is 0 Å². The second-order valence-electron chi connectivity index (χ2n) is 4.77. The van der Waals surface area contributed by atoms with Crippen molar-refractivity contribution in [2.75, 3.05) is 0 Å². The second kappa shape index (κ2) is 5.74. The van der Waals surface area contributed by atoms with E-state index in [9.17, 15) is 4.79 Å². The van der Waals surface area contributed by atoms with E-state index in [0.29, 0.717) is 23.7 Å². The highest BCUT2D eigenvalue weighted by Gasteiger charge is 2.09. The number of nitrogens with zero attached hydrogens (tertiary/aromatic N) is 1. The Morgan fingerprint density at radius 3 is 2.35 bits per heavy atom. The molecule has 1 heterocycles. The Bertz CT molecular complexity index is 630.